The zero-order valence-electron chi connectivity index (χ0n) is 10.8. The molecule has 0 aliphatic rings. The van der Waals surface area contributed by atoms with Crippen LogP contribution in [0.15, 0.2) is 24.3 Å². The number of hydrogen-bond donors (Lipinski definition) is 2. The summed E-state index contributed by atoms with van der Waals surface area (Å²) in [6, 6.07) is 7.15. The molecule has 2 N–H and O–H groups in total. The van der Waals surface area contributed by atoms with E-state index in [4.69, 9.17) is 9.84 Å². The lowest BCUT2D eigenvalue weighted by atomic mass is 10.2. The fraction of sp³-hybridized carbons (Fsp3) is 0.500. The predicted octanol–water partition coefficient (Wildman–Crippen LogP) is 1.86. The number of para-hydroxylation sites is 1. The fourth-order valence-electron chi connectivity index (χ4n) is 1.57. The van der Waals surface area contributed by atoms with Crippen LogP contribution < -0.4 is 10.1 Å². The smallest absolute Gasteiger partial charge is 0.257 e. The average Bonchev–Trinajstić information content (AvgIpc) is 2.41. The average molecular weight is 251 g/mol. The minimum Gasteiger partial charge on any atom is -0.483 e. The molecule has 0 bridgehead atoms. The standard InChI is InChI=1S/C14H21NO3/c1-2-3-6-9-15-14(17)11-18-13-8-5-4-7-12(13)10-16/h4-5,7-8,16H,2-3,6,9-11H2,1H3,(H,15,17). The molecule has 0 radical (unpaired) electrons. The second-order valence-corrected chi connectivity index (χ2v) is 4.11. The van der Waals surface area contributed by atoms with Crippen LogP contribution in [0, 0.1) is 0 Å². The van der Waals surface area contributed by atoms with E-state index in [0.29, 0.717) is 17.9 Å². The molecule has 1 aromatic rings. The maximum atomic E-state index is 11.5. The van der Waals surface area contributed by atoms with E-state index in [9.17, 15) is 4.79 Å². The highest BCUT2D eigenvalue weighted by atomic mass is 16.5. The van der Waals surface area contributed by atoms with E-state index < -0.39 is 0 Å². The maximum Gasteiger partial charge on any atom is 0.257 e. The Morgan fingerprint density at radius 1 is 1.33 bits per heavy atom. The summed E-state index contributed by atoms with van der Waals surface area (Å²) < 4.78 is 5.37. The Balaban J connectivity index is 2.29. The van der Waals surface area contributed by atoms with Crippen molar-refractivity contribution in [2.45, 2.75) is 32.8 Å². The van der Waals surface area contributed by atoms with E-state index in [1.165, 1.54) is 0 Å². The van der Waals surface area contributed by atoms with Gasteiger partial charge in [0.25, 0.3) is 5.91 Å². The van der Waals surface area contributed by atoms with Crippen molar-refractivity contribution < 1.29 is 14.6 Å². The number of aliphatic hydroxyl groups is 1. The molecular formula is C14H21NO3. The van der Waals surface area contributed by atoms with Crippen LogP contribution >= 0.6 is 0 Å². The Bertz CT molecular complexity index is 366. The van der Waals surface area contributed by atoms with Crippen LogP contribution in [-0.2, 0) is 11.4 Å². The van der Waals surface area contributed by atoms with Gasteiger partial charge in [-0.2, -0.15) is 0 Å². The molecule has 0 fully saturated rings. The molecule has 0 aliphatic heterocycles. The predicted molar refractivity (Wildman–Crippen MR) is 70.4 cm³/mol. The van der Waals surface area contributed by atoms with Gasteiger partial charge in [0, 0.05) is 12.1 Å². The van der Waals surface area contributed by atoms with Gasteiger partial charge in [0.1, 0.15) is 5.75 Å². The first kappa shape index (κ1) is 14.5. The molecule has 1 amide bonds. The van der Waals surface area contributed by atoms with E-state index >= 15 is 0 Å². The zero-order chi connectivity index (χ0) is 13.2. The lowest BCUT2D eigenvalue weighted by molar-refractivity contribution is -0.123. The molecule has 0 aromatic heterocycles. The second-order valence-electron chi connectivity index (χ2n) is 4.11. The highest BCUT2D eigenvalue weighted by molar-refractivity contribution is 5.77. The quantitative estimate of drug-likeness (QED) is 0.693. The second kappa shape index (κ2) is 8.53. The first-order valence-corrected chi connectivity index (χ1v) is 6.36. The van der Waals surface area contributed by atoms with Crippen LogP contribution in [0.25, 0.3) is 0 Å². The Morgan fingerprint density at radius 2 is 2.11 bits per heavy atom. The van der Waals surface area contributed by atoms with Crippen molar-refractivity contribution in [2.24, 2.45) is 0 Å². The van der Waals surface area contributed by atoms with Crippen LogP contribution in [-0.4, -0.2) is 24.2 Å². The van der Waals surface area contributed by atoms with E-state index in [1.807, 2.05) is 12.1 Å². The molecule has 4 heteroatoms. The van der Waals surface area contributed by atoms with Gasteiger partial charge in [-0.25, -0.2) is 0 Å². The van der Waals surface area contributed by atoms with Crippen molar-refractivity contribution in [1.29, 1.82) is 0 Å². The van der Waals surface area contributed by atoms with Gasteiger partial charge < -0.3 is 15.2 Å². The Hall–Kier alpha value is -1.55. The zero-order valence-corrected chi connectivity index (χ0v) is 10.8. The van der Waals surface area contributed by atoms with E-state index in [1.54, 1.807) is 12.1 Å². The number of rotatable bonds is 8. The SMILES string of the molecule is CCCCCNC(=O)COc1ccccc1CO. The summed E-state index contributed by atoms with van der Waals surface area (Å²) in [5.41, 5.74) is 0.691. The number of carbonyl (C=O) groups excluding carboxylic acids is 1. The largest absolute Gasteiger partial charge is 0.483 e. The number of benzene rings is 1. The van der Waals surface area contributed by atoms with E-state index in [2.05, 4.69) is 12.2 Å². The highest BCUT2D eigenvalue weighted by Crippen LogP contribution is 2.17. The molecule has 0 atom stereocenters. The monoisotopic (exact) mass is 251 g/mol. The molecule has 0 aliphatic carbocycles. The van der Waals surface area contributed by atoms with Crippen LogP contribution in [0.4, 0.5) is 0 Å². The van der Waals surface area contributed by atoms with Crippen LogP contribution in [0.1, 0.15) is 31.7 Å². The molecule has 0 unspecified atom stereocenters. The van der Waals surface area contributed by atoms with Crippen LogP contribution in [0.2, 0.25) is 0 Å². The molecule has 0 heterocycles. The molecule has 0 spiro atoms. The summed E-state index contributed by atoms with van der Waals surface area (Å²) >= 11 is 0. The summed E-state index contributed by atoms with van der Waals surface area (Å²) in [5.74, 6) is 0.433. The fourth-order valence-corrected chi connectivity index (χ4v) is 1.57. The van der Waals surface area contributed by atoms with Crippen molar-refractivity contribution in [3.8, 4) is 5.75 Å². The molecule has 4 nitrogen and oxygen atoms in total. The number of unbranched alkanes of at least 4 members (excludes halogenated alkanes) is 2. The van der Waals surface area contributed by atoms with Gasteiger partial charge in [0.15, 0.2) is 6.61 Å². The van der Waals surface area contributed by atoms with Crippen molar-refractivity contribution in [3.63, 3.8) is 0 Å². The number of amides is 1. The molecule has 100 valence electrons. The number of hydrogen-bond acceptors (Lipinski definition) is 3. The van der Waals surface area contributed by atoms with E-state index in [-0.39, 0.29) is 19.1 Å². The van der Waals surface area contributed by atoms with Crippen molar-refractivity contribution in [1.82, 2.24) is 5.32 Å². The molecule has 18 heavy (non-hydrogen) atoms. The van der Waals surface area contributed by atoms with Gasteiger partial charge in [0.2, 0.25) is 0 Å². The molecular weight excluding hydrogens is 230 g/mol. The lowest BCUT2D eigenvalue weighted by Gasteiger charge is -2.10. The summed E-state index contributed by atoms with van der Waals surface area (Å²) in [7, 11) is 0. The normalized spacial score (nSPS) is 10.1. The number of ether oxygens (including phenoxy) is 1. The molecule has 0 saturated carbocycles. The number of carbonyl (C=O) groups is 1. The molecule has 1 aromatic carbocycles. The third-order valence-corrected chi connectivity index (χ3v) is 2.60. The van der Waals surface area contributed by atoms with Gasteiger partial charge in [-0.15, -0.1) is 0 Å². The number of nitrogens with one attached hydrogen (secondary N) is 1. The van der Waals surface area contributed by atoms with Crippen LogP contribution in [0.5, 0.6) is 5.75 Å². The molecule has 0 saturated heterocycles. The van der Waals surface area contributed by atoms with Gasteiger partial charge in [-0.1, -0.05) is 38.0 Å². The summed E-state index contributed by atoms with van der Waals surface area (Å²) in [5, 5.41) is 11.9. The molecule has 1 rings (SSSR count). The van der Waals surface area contributed by atoms with Gasteiger partial charge in [0.05, 0.1) is 6.61 Å². The first-order valence-electron chi connectivity index (χ1n) is 6.36. The Labute approximate surface area is 108 Å². The minimum absolute atomic E-state index is 0.0108. The summed E-state index contributed by atoms with van der Waals surface area (Å²) in [6.07, 6.45) is 3.25. The topological polar surface area (TPSA) is 58.6 Å². The third-order valence-electron chi connectivity index (χ3n) is 2.60. The maximum absolute atomic E-state index is 11.5. The van der Waals surface area contributed by atoms with Gasteiger partial charge in [-0.3, -0.25) is 4.79 Å². The van der Waals surface area contributed by atoms with E-state index in [0.717, 1.165) is 19.3 Å². The first-order chi connectivity index (χ1) is 8.77. The lowest BCUT2D eigenvalue weighted by Crippen LogP contribution is -2.29. The van der Waals surface area contributed by atoms with Crippen molar-refractivity contribution in [3.05, 3.63) is 29.8 Å². The number of aliphatic hydroxyl groups excluding tert-OH is 1. The Kier molecular flexibility index (Phi) is 6.87. The van der Waals surface area contributed by atoms with Crippen molar-refractivity contribution in [2.75, 3.05) is 13.2 Å². The van der Waals surface area contributed by atoms with Gasteiger partial charge in [-0.05, 0) is 12.5 Å². The summed E-state index contributed by atoms with van der Waals surface area (Å²) in [6.45, 7) is 2.71. The Morgan fingerprint density at radius 3 is 2.83 bits per heavy atom. The van der Waals surface area contributed by atoms with Gasteiger partial charge >= 0.3 is 0 Å². The van der Waals surface area contributed by atoms with Crippen LogP contribution in [0.3, 0.4) is 0 Å². The third kappa shape index (κ3) is 5.19. The van der Waals surface area contributed by atoms with Crippen molar-refractivity contribution >= 4 is 5.91 Å². The minimum atomic E-state index is -0.126. The highest BCUT2D eigenvalue weighted by Gasteiger charge is 2.05. The summed E-state index contributed by atoms with van der Waals surface area (Å²) in [4.78, 5) is 11.5.